The minimum absolute atomic E-state index is 0.0183. The first-order valence-corrected chi connectivity index (χ1v) is 7.93. The topological polar surface area (TPSA) is 22.1 Å². The fourth-order valence-corrected chi connectivity index (χ4v) is 1.80. The summed E-state index contributed by atoms with van der Waals surface area (Å²) >= 11 is 0. The van der Waals surface area contributed by atoms with Gasteiger partial charge in [-0.3, -0.25) is 0 Å². The number of hydrogen-bond acceptors (Lipinski definition) is 2. The Balaban J connectivity index is 3.13. The Hall–Kier alpha value is -1.31. The molecule has 0 aliphatic rings. The molecule has 0 aliphatic heterocycles. The fourth-order valence-electron chi connectivity index (χ4n) is 1.80. The lowest BCUT2D eigenvalue weighted by molar-refractivity contribution is 0.284. The van der Waals surface area contributed by atoms with Crippen molar-refractivity contribution in [3.8, 4) is 5.88 Å². The molecule has 1 rings (SSSR count). The largest absolute Gasteiger partial charge is 0.443 e. The molecule has 1 heterocycles. The molecule has 0 fully saturated rings. The molecule has 1 aromatic rings. The Morgan fingerprint density at radius 1 is 1.14 bits per heavy atom. The van der Waals surface area contributed by atoms with Crippen LogP contribution in [0, 0.1) is 5.41 Å². The third-order valence-corrected chi connectivity index (χ3v) is 3.56. The molecule has 0 saturated carbocycles. The van der Waals surface area contributed by atoms with Gasteiger partial charge in [-0.2, -0.15) is 0 Å². The van der Waals surface area contributed by atoms with E-state index in [0.717, 1.165) is 30.2 Å². The van der Waals surface area contributed by atoms with Gasteiger partial charge in [0.05, 0.1) is 0 Å². The van der Waals surface area contributed by atoms with Crippen molar-refractivity contribution < 1.29 is 4.74 Å². The van der Waals surface area contributed by atoms with Crippen LogP contribution in [-0.4, -0.2) is 4.98 Å². The number of allylic oxidation sites excluding steroid dienone is 1. The highest BCUT2D eigenvalue weighted by atomic mass is 16.5. The Kier molecular flexibility index (Phi) is 5.61. The Bertz CT molecular complexity index is 489. The average Bonchev–Trinajstić information content (AvgIpc) is 2.34. The molecule has 0 aliphatic carbocycles. The third kappa shape index (κ3) is 5.18. The van der Waals surface area contributed by atoms with Crippen LogP contribution in [0.5, 0.6) is 5.88 Å². The summed E-state index contributed by atoms with van der Waals surface area (Å²) in [7, 11) is 0. The highest BCUT2D eigenvalue weighted by Crippen LogP contribution is 2.31. The monoisotopic (exact) mass is 289 g/mol. The molecule has 1 aromatic heterocycles. The maximum Gasteiger partial charge on any atom is 0.222 e. The lowest BCUT2D eigenvalue weighted by Gasteiger charge is -2.24. The number of rotatable bonds is 5. The number of pyridine rings is 1. The second-order valence-electron chi connectivity index (χ2n) is 7.79. The predicted octanol–water partition coefficient (Wildman–Crippen LogP) is 5.66. The lowest BCUT2D eigenvalue weighted by Crippen LogP contribution is -2.18. The van der Waals surface area contributed by atoms with Crippen LogP contribution in [0.25, 0.3) is 0 Å². The molecular weight excluding hydrogens is 258 g/mol. The van der Waals surface area contributed by atoms with E-state index in [4.69, 9.17) is 9.72 Å². The van der Waals surface area contributed by atoms with Gasteiger partial charge in [0.15, 0.2) is 0 Å². The summed E-state index contributed by atoms with van der Waals surface area (Å²) in [6.45, 7) is 19.1. The molecule has 0 spiro atoms. The van der Waals surface area contributed by atoms with E-state index >= 15 is 0 Å². The van der Waals surface area contributed by atoms with Crippen LogP contribution < -0.4 is 4.74 Å². The van der Waals surface area contributed by atoms with E-state index in [9.17, 15) is 0 Å². The van der Waals surface area contributed by atoms with Gasteiger partial charge in [0.25, 0.3) is 0 Å². The Morgan fingerprint density at radius 2 is 1.76 bits per heavy atom. The standard InChI is InChI=1S/C19H31NO/c1-9-10-11-15-12-13-16(19(6,7)8)20-17(15)21-14(2)18(3,4)5/h12-13H,2,9-11H2,1,3-8H3. The minimum atomic E-state index is -0.0819. The van der Waals surface area contributed by atoms with Crippen LogP contribution in [0.2, 0.25) is 0 Å². The minimum Gasteiger partial charge on any atom is -0.443 e. The molecule has 0 bridgehead atoms. The molecule has 0 atom stereocenters. The van der Waals surface area contributed by atoms with Gasteiger partial charge in [-0.1, -0.05) is 67.5 Å². The van der Waals surface area contributed by atoms with Crippen LogP contribution in [0.1, 0.15) is 72.6 Å². The van der Waals surface area contributed by atoms with Crippen molar-refractivity contribution in [2.75, 3.05) is 0 Å². The summed E-state index contributed by atoms with van der Waals surface area (Å²) in [5.74, 6) is 1.50. The summed E-state index contributed by atoms with van der Waals surface area (Å²) < 4.78 is 6.04. The van der Waals surface area contributed by atoms with Gasteiger partial charge in [-0.25, -0.2) is 4.98 Å². The highest BCUT2D eigenvalue weighted by molar-refractivity contribution is 5.32. The van der Waals surface area contributed by atoms with Crippen molar-refractivity contribution in [3.05, 3.63) is 35.7 Å². The van der Waals surface area contributed by atoms with Gasteiger partial charge in [-0.15, -0.1) is 0 Å². The van der Waals surface area contributed by atoms with Crippen LogP contribution in [0.3, 0.4) is 0 Å². The van der Waals surface area contributed by atoms with E-state index in [1.165, 1.54) is 12.0 Å². The molecular formula is C19H31NO. The molecule has 2 nitrogen and oxygen atoms in total. The summed E-state index contributed by atoms with van der Waals surface area (Å²) in [4.78, 5) is 4.77. The molecule has 0 saturated heterocycles. The zero-order valence-electron chi connectivity index (χ0n) is 14.8. The molecule has 0 unspecified atom stereocenters. The van der Waals surface area contributed by atoms with Crippen LogP contribution in [-0.2, 0) is 11.8 Å². The first-order valence-electron chi connectivity index (χ1n) is 7.93. The smallest absolute Gasteiger partial charge is 0.222 e. The first kappa shape index (κ1) is 17.7. The van der Waals surface area contributed by atoms with Crippen molar-refractivity contribution in [2.24, 2.45) is 5.41 Å². The molecule has 2 heteroatoms. The zero-order chi connectivity index (χ0) is 16.3. The normalized spacial score (nSPS) is 12.3. The van der Waals surface area contributed by atoms with Crippen molar-refractivity contribution in [1.82, 2.24) is 4.98 Å². The summed E-state index contributed by atoms with van der Waals surface area (Å²) in [6, 6.07) is 4.28. The van der Waals surface area contributed by atoms with E-state index in [-0.39, 0.29) is 10.8 Å². The second-order valence-corrected chi connectivity index (χ2v) is 7.79. The molecule has 0 N–H and O–H groups in total. The van der Waals surface area contributed by atoms with Gasteiger partial charge in [0, 0.05) is 22.1 Å². The van der Waals surface area contributed by atoms with Crippen molar-refractivity contribution in [3.63, 3.8) is 0 Å². The zero-order valence-corrected chi connectivity index (χ0v) is 14.8. The molecule has 0 amide bonds. The maximum atomic E-state index is 6.04. The SMILES string of the molecule is C=C(Oc1nc(C(C)(C)C)ccc1CCCC)C(C)(C)C. The number of nitrogens with zero attached hydrogens (tertiary/aromatic N) is 1. The Morgan fingerprint density at radius 3 is 2.24 bits per heavy atom. The van der Waals surface area contributed by atoms with Crippen LogP contribution in [0.15, 0.2) is 24.5 Å². The fraction of sp³-hybridized carbons (Fsp3) is 0.632. The van der Waals surface area contributed by atoms with E-state index in [0.29, 0.717) is 0 Å². The number of hydrogen-bond donors (Lipinski definition) is 0. The van der Waals surface area contributed by atoms with E-state index in [2.05, 4.69) is 67.2 Å². The third-order valence-electron chi connectivity index (χ3n) is 3.56. The molecule has 0 aromatic carbocycles. The first-order chi connectivity index (χ1) is 9.55. The summed E-state index contributed by atoms with van der Waals surface area (Å²) in [5.41, 5.74) is 2.17. The van der Waals surface area contributed by atoms with Crippen LogP contribution in [0.4, 0.5) is 0 Å². The maximum absolute atomic E-state index is 6.04. The van der Waals surface area contributed by atoms with Crippen molar-refractivity contribution in [2.45, 2.75) is 73.1 Å². The van der Waals surface area contributed by atoms with Crippen molar-refractivity contribution in [1.29, 1.82) is 0 Å². The van der Waals surface area contributed by atoms with Gasteiger partial charge in [-0.05, 0) is 18.9 Å². The Labute approximate surface area is 130 Å². The molecule has 21 heavy (non-hydrogen) atoms. The number of aromatic nitrogens is 1. The highest BCUT2D eigenvalue weighted by Gasteiger charge is 2.22. The second kappa shape index (κ2) is 6.64. The molecule has 118 valence electrons. The van der Waals surface area contributed by atoms with E-state index in [1.807, 2.05) is 0 Å². The summed E-state index contributed by atoms with van der Waals surface area (Å²) in [6.07, 6.45) is 3.32. The van der Waals surface area contributed by atoms with Gasteiger partial charge in [0.1, 0.15) is 5.76 Å². The van der Waals surface area contributed by atoms with Gasteiger partial charge >= 0.3 is 0 Å². The number of aryl methyl sites for hydroxylation is 1. The van der Waals surface area contributed by atoms with Crippen molar-refractivity contribution >= 4 is 0 Å². The van der Waals surface area contributed by atoms with Gasteiger partial charge < -0.3 is 4.74 Å². The number of unbranched alkanes of at least 4 members (excludes halogenated alkanes) is 1. The van der Waals surface area contributed by atoms with E-state index < -0.39 is 0 Å². The van der Waals surface area contributed by atoms with E-state index in [1.54, 1.807) is 0 Å². The quantitative estimate of drug-likeness (QED) is 0.652. The average molecular weight is 289 g/mol. The van der Waals surface area contributed by atoms with Crippen LogP contribution >= 0.6 is 0 Å². The molecule has 0 radical (unpaired) electrons. The van der Waals surface area contributed by atoms with Gasteiger partial charge in [0.2, 0.25) is 5.88 Å². The summed E-state index contributed by atoms with van der Waals surface area (Å²) in [5, 5.41) is 0. The lowest BCUT2D eigenvalue weighted by atomic mass is 9.91. The predicted molar refractivity (Wildman–Crippen MR) is 90.8 cm³/mol. The number of ether oxygens (including phenoxy) is 1.